The number of aromatic nitrogens is 1. The fourth-order valence-corrected chi connectivity index (χ4v) is 3.49. The first-order chi connectivity index (χ1) is 8.56. The van der Waals surface area contributed by atoms with Crippen molar-refractivity contribution >= 4 is 47.8 Å². The van der Waals surface area contributed by atoms with Gasteiger partial charge in [-0.3, -0.25) is 4.98 Å². The van der Waals surface area contributed by atoms with E-state index >= 15 is 0 Å². The fraction of sp³-hybridized carbons (Fsp3) is 0.154. The minimum absolute atomic E-state index is 0.0522. The van der Waals surface area contributed by atoms with Gasteiger partial charge in [0.2, 0.25) is 0 Å². The third-order valence-corrected chi connectivity index (χ3v) is 4.19. The Kier molecular flexibility index (Phi) is 4.95. The molecule has 94 valence electrons. The van der Waals surface area contributed by atoms with Crippen molar-refractivity contribution in [3.8, 4) is 0 Å². The Hall–Kier alpha value is -0.230. The van der Waals surface area contributed by atoms with E-state index in [4.69, 9.17) is 5.73 Å². The van der Waals surface area contributed by atoms with Crippen molar-refractivity contribution in [1.29, 1.82) is 0 Å². The van der Waals surface area contributed by atoms with E-state index in [1.165, 1.54) is 0 Å². The highest BCUT2D eigenvalue weighted by molar-refractivity contribution is 9.11. The first-order valence-corrected chi connectivity index (χ1v) is 7.74. The monoisotopic (exact) mass is 432 g/mol. The number of nitrogens with zero attached hydrogens (tertiary/aromatic N) is 1. The molecule has 18 heavy (non-hydrogen) atoms. The molecular formula is C13H11Br3N2. The molecule has 0 saturated heterocycles. The Morgan fingerprint density at radius 2 is 1.83 bits per heavy atom. The van der Waals surface area contributed by atoms with Crippen LogP contribution in [-0.2, 0) is 6.42 Å². The van der Waals surface area contributed by atoms with Crippen molar-refractivity contribution in [2.75, 3.05) is 0 Å². The Balaban J connectivity index is 2.19. The van der Waals surface area contributed by atoms with Crippen molar-refractivity contribution in [2.24, 2.45) is 5.73 Å². The summed E-state index contributed by atoms with van der Waals surface area (Å²) in [5.41, 5.74) is 8.45. The van der Waals surface area contributed by atoms with Crippen LogP contribution in [0.5, 0.6) is 0 Å². The lowest BCUT2D eigenvalue weighted by molar-refractivity contribution is 0.715. The third-order valence-electron chi connectivity index (χ3n) is 2.58. The van der Waals surface area contributed by atoms with Gasteiger partial charge < -0.3 is 5.73 Å². The number of nitrogens with two attached hydrogens (primary N) is 1. The maximum absolute atomic E-state index is 6.24. The van der Waals surface area contributed by atoms with Crippen LogP contribution < -0.4 is 5.73 Å². The molecule has 2 nitrogen and oxygen atoms in total. The van der Waals surface area contributed by atoms with Crippen LogP contribution in [0.15, 0.2) is 50.1 Å². The van der Waals surface area contributed by atoms with Crippen LogP contribution in [0.4, 0.5) is 0 Å². The maximum Gasteiger partial charge on any atom is 0.0410 e. The summed E-state index contributed by atoms with van der Waals surface area (Å²) in [5, 5.41) is 0. The smallest absolute Gasteiger partial charge is 0.0410 e. The summed E-state index contributed by atoms with van der Waals surface area (Å²) in [6.07, 6.45) is 4.37. The highest BCUT2D eigenvalue weighted by Gasteiger charge is 2.11. The zero-order valence-electron chi connectivity index (χ0n) is 9.41. The Labute approximate surface area is 131 Å². The van der Waals surface area contributed by atoms with Crippen LogP contribution in [-0.4, -0.2) is 4.98 Å². The maximum atomic E-state index is 6.24. The molecule has 0 aliphatic heterocycles. The number of hydrogen-bond acceptors (Lipinski definition) is 2. The van der Waals surface area contributed by atoms with E-state index in [0.29, 0.717) is 0 Å². The third kappa shape index (κ3) is 3.63. The minimum atomic E-state index is -0.0522. The molecule has 0 fully saturated rings. The molecule has 1 atom stereocenters. The van der Waals surface area contributed by atoms with Gasteiger partial charge in [-0.05, 0) is 51.7 Å². The van der Waals surface area contributed by atoms with Gasteiger partial charge >= 0.3 is 0 Å². The fourth-order valence-electron chi connectivity index (χ4n) is 1.73. The first-order valence-electron chi connectivity index (χ1n) is 5.36. The van der Waals surface area contributed by atoms with E-state index in [1.54, 1.807) is 6.20 Å². The zero-order valence-corrected chi connectivity index (χ0v) is 14.2. The predicted octanol–water partition coefficient (Wildman–Crippen LogP) is 4.61. The van der Waals surface area contributed by atoms with Gasteiger partial charge in [0.1, 0.15) is 0 Å². The summed E-state index contributed by atoms with van der Waals surface area (Å²) in [6.45, 7) is 0. The molecule has 0 spiro atoms. The normalized spacial score (nSPS) is 12.4. The van der Waals surface area contributed by atoms with E-state index in [-0.39, 0.29) is 6.04 Å². The van der Waals surface area contributed by atoms with Crippen LogP contribution in [0.1, 0.15) is 17.2 Å². The van der Waals surface area contributed by atoms with Gasteiger partial charge in [-0.2, -0.15) is 0 Å². The Bertz CT molecular complexity index is 558. The molecule has 1 aromatic heterocycles. The number of pyridine rings is 1. The van der Waals surface area contributed by atoms with Crippen LogP contribution >= 0.6 is 47.8 Å². The molecule has 0 amide bonds. The van der Waals surface area contributed by atoms with Crippen molar-refractivity contribution in [3.05, 3.63) is 61.2 Å². The van der Waals surface area contributed by atoms with Gasteiger partial charge in [0.05, 0.1) is 0 Å². The SMILES string of the molecule is NC(Cc1cncc(Br)c1)c1ccc(Br)cc1Br. The number of hydrogen-bond donors (Lipinski definition) is 1. The van der Waals surface area contributed by atoms with E-state index < -0.39 is 0 Å². The van der Waals surface area contributed by atoms with Crippen LogP contribution in [0.3, 0.4) is 0 Å². The van der Waals surface area contributed by atoms with E-state index in [1.807, 2.05) is 30.5 Å². The van der Waals surface area contributed by atoms with Crippen LogP contribution in [0, 0.1) is 0 Å². The summed E-state index contributed by atoms with van der Waals surface area (Å²) in [6, 6.07) is 8.03. The average molecular weight is 435 g/mol. The highest BCUT2D eigenvalue weighted by Crippen LogP contribution is 2.27. The van der Waals surface area contributed by atoms with Gasteiger partial charge in [-0.25, -0.2) is 0 Å². The topological polar surface area (TPSA) is 38.9 Å². The van der Waals surface area contributed by atoms with Gasteiger partial charge in [-0.15, -0.1) is 0 Å². The molecule has 0 saturated carbocycles. The molecule has 1 aromatic carbocycles. The molecular weight excluding hydrogens is 424 g/mol. The molecule has 2 N–H and O–H groups in total. The second kappa shape index (κ2) is 6.28. The van der Waals surface area contributed by atoms with E-state index in [2.05, 4.69) is 52.8 Å². The summed E-state index contributed by atoms with van der Waals surface area (Å²) in [4.78, 5) is 4.15. The lowest BCUT2D eigenvalue weighted by Crippen LogP contribution is -2.14. The van der Waals surface area contributed by atoms with Gasteiger partial charge in [-0.1, -0.05) is 37.9 Å². The highest BCUT2D eigenvalue weighted by atomic mass is 79.9. The molecule has 5 heteroatoms. The predicted molar refractivity (Wildman–Crippen MR) is 84.4 cm³/mol. The molecule has 0 aliphatic rings. The molecule has 0 radical (unpaired) electrons. The lowest BCUT2D eigenvalue weighted by Gasteiger charge is -2.14. The van der Waals surface area contributed by atoms with E-state index in [0.717, 1.165) is 31.0 Å². The molecule has 2 rings (SSSR count). The van der Waals surface area contributed by atoms with Crippen molar-refractivity contribution < 1.29 is 0 Å². The standard InChI is InChI=1S/C13H11Br3N2/c14-9-1-2-11(12(16)5-9)13(17)4-8-3-10(15)7-18-6-8/h1-3,5-7,13H,4,17H2. The Morgan fingerprint density at radius 1 is 1.06 bits per heavy atom. The number of halogens is 3. The van der Waals surface area contributed by atoms with Crippen LogP contribution in [0.2, 0.25) is 0 Å². The summed E-state index contributed by atoms with van der Waals surface area (Å²) in [7, 11) is 0. The Morgan fingerprint density at radius 3 is 2.50 bits per heavy atom. The van der Waals surface area contributed by atoms with Crippen molar-refractivity contribution in [2.45, 2.75) is 12.5 Å². The number of benzene rings is 1. The summed E-state index contributed by atoms with van der Waals surface area (Å²) in [5.74, 6) is 0. The zero-order chi connectivity index (χ0) is 13.1. The summed E-state index contributed by atoms with van der Waals surface area (Å²) >= 11 is 10.4. The van der Waals surface area contributed by atoms with Crippen molar-refractivity contribution in [1.82, 2.24) is 4.98 Å². The van der Waals surface area contributed by atoms with Gasteiger partial charge in [0, 0.05) is 31.9 Å². The second-order valence-electron chi connectivity index (χ2n) is 3.99. The van der Waals surface area contributed by atoms with Gasteiger partial charge in [0.15, 0.2) is 0 Å². The molecule has 0 aliphatic carbocycles. The molecule has 1 unspecified atom stereocenters. The number of rotatable bonds is 3. The molecule has 2 aromatic rings. The average Bonchev–Trinajstić information content (AvgIpc) is 2.28. The quantitative estimate of drug-likeness (QED) is 0.766. The van der Waals surface area contributed by atoms with Crippen molar-refractivity contribution in [3.63, 3.8) is 0 Å². The summed E-state index contributed by atoms with van der Waals surface area (Å²) < 4.78 is 3.03. The van der Waals surface area contributed by atoms with Crippen LogP contribution in [0.25, 0.3) is 0 Å². The molecule has 1 heterocycles. The van der Waals surface area contributed by atoms with E-state index in [9.17, 15) is 0 Å². The minimum Gasteiger partial charge on any atom is -0.324 e. The first kappa shape index (κ1) is 14.2. The largest absolute Gasteiger partial charge is 0.324 e. The lowest BCUT2D eigenvalue weighted by atomic mass is 10.0. The molecule has 0 bridgehead atoms. The van der Waals surface area contributed by atoms with Gasteiger partial charge in [0.25, 0.3) is 0 Å². The second-order valence-corrected chi connectivity index (χ2v) is 6.67.